The molecule has 2 aromatic rings. The fourth-order valence-electron chi connectivity index (χ4n) is 1.53. The van der Waals surface area contributed by atoms with Crippen LogP contribution in [0.15, 0.2) is 30.6 Å². The molecular formula is C12H15N3S. The molecule has 84 valence electrons. The number of hydrogen-bond donors (Lipinski definition) is 1. The van der Waals surface area contributed by atoms with Crippen molar-refractivity contribution >= 4 is 28.5 Å². The maximum atomic E-state index is 4.27. The van der Waals surface area contributed by atoms with Crippen LogP contribution in [0.5, 0.6) is 0 Å². The maximum Gasteiger partial charge on any atom is 0.137 e. The van der Waals surface area contributed by atoms with Crippen LogP contribution in [-0.4, -0.2) is 28.0 Å². The SMILES string of the molecule is CCSCCNc1ncnc2ccccc12. The third-order valence-electron chi connectivity index (χ3n) is 2.29. The number of hydrogen-bond acceptors (Lipinski definition) is 4. The van der Waals surface area contributed by atoms with Crippen LogP contribution in [0.2, 0.25) is 0 Å². The van der Waals surface area contributed by atoms with E-state index in [1.807, 2.05) is 36.0 Å². The Balaban J connectivity index is 2.11. The van der Waals surface area contributed by atoms with E-state index in [-0.39, 0.29) is 0 Å². The molecule has 0 aliphatic rings. The van der Waals surface area contributed by atoms with E-state index in [1.54, 1.807) is 6.33 Å². The number of anilines is 1. The third kappa shape index (κ3) is 2.64. The Hall–Kier alpha value is -1.29. The molecule has 0 unspecified atom stereocenters. The first-order chi connectivity index (χ1) is 7.92. The van der Waals surface area contributed by atoms with E-state index >= 15 is 0 Å². The van der Waals surface area contributed by atoms with Crippen LogP contribution in [-0.2, 0) is 0 Å². The molecule has 0 bridgehead atoms. The Morgan fingerprint density at radius 1 is 1.25 bits per heavy atom. The average molecular weight is 233 g/mol. The molecule has 0 atom stereocenters. The van der Waals surface area contributed by atoms with E-state index in [0.29, 0.717) is 0 Å². The summed E-state index contributed by atoms with van der Waals surface area (Å²) in [7, 11) is 0. The third-order valence-corrected chi connectivity index (χ3v) is 3.19. The van der Waals surface area contributed by atoms with Crippen molar-refractivity contribution in [1.82, 2.24) is 9.97 Å². The van der Waals surface area contributed by atoms with Crippen molar-refractivity contribution in [2.24, 2.45) is 0 Å². The lowest BCUT2D eigenvalue weighted by atomic mass is 10.2. The second kappa shape index (κ2) is 5.70. The van der Waals surface area contributed by atoms with Crippen LogP contribution < -0.4 is 5.32 Å². The van der Waals surface area contributed by atoms with Crippen molar-refractivity contribution in [3.8, 4) is 0 Å². The van der Waals surface area contributed by atoms with Gasteiger partial charge in [0.2, 0.25) is 0 Å². The molecule has 3 nitrogen and oxygen atoms in total. The smallest absolute Gasteiger partial charge is 0.137 e. The van der Waals surface area contributed by atoms with Gasteiger partial charge in [0, 0.05) is 17.7 Å². The van der Waals surface area contributed by atoms with Gasteiger partial charge in [-0.15, -0.1) is 0 Å². The number of benzene rings is 1. The lowest BCUT2D eigenvalue weighted by Gasteiger charge is -2.07. The Bertz CT molecular complexity index is 453. The van der Waals surface area contributed by atoms with Crippen molar-refractivity contribution in [2.75, 3.05) is 23.4 Å². The van der Waals surface area contributed by atoms with E-state index in [2.05, 4.69) is 22.2 Å². The summed E-state index contributed by atoms with van der Waals surface area (Å²) in [4.78, 5) is 8.50. The highest BCUT2D eigenvalue weighted by molar-refractivity contribution is 7.99. The number of para-hydroxylation sites is 1. The molecule has 0 spiro atoms. The summed E-state index contributed by atoms with van der Waals surface area (Å²) < 4.78 is 0. The lowest BCUT2D eigenvalue weighted by molar-refractivity contribution is 1.15. The molecular weight excluding hydrogens is 218 g/mol. The van der Waals surface area contributed by atoms with Gasteiger partial charge in [0.15, 0.2) is 0 Å². The van der Waals surface area contributed by atoms with E-state index in [1.165, 1.54) is 0 Å². The van der Waals surface area contributed by atoms with Crippen molar-refractivity contribution < 1.29 is 0 Å². The molecule has 1 aromatic carbocycles. The monoisotopic (exact) mass is 233 g/mol. The number of thioether (sulfide) groups is 1. The highest BCUT2D eigenvalue weighted by Gasteiger charge is 2.00. The van der Waals surface area contributed by atoms with Crippen LogP contribution in [0, 0.1) is 0 Å². The first-order valence-electron chi connectivity index (χ1n) is 5.43. The normalized spacial score (nSPS) is 10.6. The Kier molecular flexibility index (Phi) is 3.99. The average Bonchev–Trinajstić information content (AvgIpc) is 2.35. The minimum atomic E-state index is 0.933. The van der Waals surface area contributed by atoms with Crippen molar-refractivity contribution in [1.29, 1.82) is 0 Å². The summed E-state index contributed by atoms with van der Waals surface area (Å²) in [5.41, 5.74) is 0.989. The van der Waals surface area contributed by atoms with E-state index < -0.39 is 0 Å². The molecule has 1 aromatic heterocycles. The van der Waals surface area contributed by atoms with Gasteiger partial charge < -0.3 is 5.32 Å². The van der Waals surface area contributed by atoms with Gasteiger partial charge in [0.25, 0.3) is 0 Å². The first-order valence-corrected chi connectivity index (χ1v) is 6.58. The van der Waals surface area contributed by atoms with Crippen molar-refractivity contribution in [2.45, 2.75) is 6.92 Å². The zero-order chi connectivity index (χ0) is 11.2. The highest BCUT2D eigenvalue weighted by Crippen LogP contribution is 2.18. The fraction of sp³-hybridized carbons (Fsp3) is 0.333. The van der Waals surface area contributed by atoms with Gasteiger partial charge in [0.1, 0.15) is 12.1 Å². The Morgan fingerprint density at radius 2 is 2.12 bits per heavy atom. The minimum Gasteiger partial charge on any atom is -0.369 e. The second-order valence-corrected chi connectivity index (χ2v) is 4.76. The molecule has 1 heterocycles. The second-order valence-electron chi connectivity index (χ2n) is 3.36. The highest BCUT2D eigenvalue weighted by atomic mass is 32.2. The van der Waals surface area contributed by atoms with Gasteiger partial charge in [-0.25, -0.2) is 9.97 Å². The first kappa shape index (κ1) is 11.2. The standard InChI is InChI=1S/C12H15N3S/c1-2-16-8-7-13-12-10-5-3-4-6-11(10)14-9-15-12/h3-6,9H,2,7-8H2,1H3,(H,13,14,15). The van der Waals surface area contributed by atoms with E-state index in [9.17, 15) is 0 Å². The topological polar surface area (TPSA) is 37.8 Å². The lowest BCUT2D eigenvalue weighted by Crippen LogP contribution is -2.06. The molecule has 0 fully saturated rings. The van der Waals surface area contributed by atoms with E-state index in [0.717, 1.165) is 34.8 Å². The molecule has 2 rings (SSSR count). The van der Waals surface area contributed by atoms with Crippen LogP contribution in [0.4, 0.5) is 5.82 Å². The number of nitrogens with one attached hydrogen (secondary N) is 1. The summed E-state index contributed by atoms with van der Waals surface area (Å²) in [5, 5.41) is 4.44. The maximum absolute atomic E-state index is 4.27. The number of nitrogens with zero attached hydrogens (tertiary/aromatic N) is 2. The molecule has 16 heavy (non-hydrogen) atoms. The molecule has 0 saturated heterocycles. The van der Waals surface area contributed by atoms with Gasteiger partial charge in [-0.1, -0.05) is 19.1 Å². The Morgan fingerprint density at radius 3 is 3.00 bits per heavy atom. The van der Waals surface area contributed by atoms with Crippen LogP contribution in [0.25, 0.3) is 10.9 Å². The summed E-state index contributed by atoms with van der Waals surface area (Å²) in [6.07, 6.45) is 1.61. The summed E-state index contributed by atoms with van der Waals surface area (Å²) in [6.45, 7) is 3.12. The van der Waals surface area contributed by atoms with Gasteiger partial charge in [-0.3, -0.25) is 0 Å². The van der Waals surface area contributed by atoms with Gasteiger partial charge in [0.05, 0.1) is 5.52 Å². The van der Waals surface area contributed by atoms with Crippen molar-refractivity contribution in [3.05, 3.63) is 30.6 Å². The summed E-state index contributed by atoms with van der Waals surface area (Å²) in [6, 6.07) is 8.05. The van der Waals surface area contributed by atoms with Crippen LogP contribution >= 0.6 is 11.8 Å². The largest absolute Gasteiger partial charge is 0.369 e. The predicted octanol–water partition coefficient (Wildman–Crippen LogP) is 2.79. The zero-order valence-electron chi connectivity index (χ0n) is 9.31. The predicted molar refractivity (Wildman–Crippen MR) is 71.0 cm³/mol. The van der Waals surface area contributed by atoms with Crippen LogP contribution in [0.3, 0.4) is 0 Å². The molecule has 0 amide bonds. The zero-order valence-corrected chi connectivity index (χ0v) is 10.1. The van der Waals surface area contributed by atoms with E-state index in [4.69, 9.17) is 0 Å². The van der Waals surface area contributed by atoms with Gasteiger partial charge in [-0.05, 0) is 17.9 Å². The number of fused-ring (bicyclic) bond motifs is 1. The summed E-state index contributed by atoms with van der Waals surface area (Å²) in [5.74, 6) is 3.20. The quantitative estimate of drug-likeness (QED) is 0.806. The molecule has 4 heteroatoms. The molecule has 0 radical (unpaired) electrons. The fourth-order valence-corrected chi connectivity index (χ4v) is 2.07. The van der Waals surface area contributed by atoms with Gasteiger partial charge >= 0.3 is 0 Å². The van der Waals surface area contributed by atoms with Crippen molar-refractivity contribution in [3.63, 3.8) is 0 Å². The van der Waals surface area contributed by atoms with Gasteiger partial charge in [-0.2, -0.15) is 11.8 Å². The number of aromatic nitrogens is 2. The molecule has 0 saturated carbocycles. The molecule has 0 aliphatic carbocycles. The summed E-state index contributed by atoms with van der Waals surface area (Å²) >= 11 is 1.93. The number of rotatable bonds is 5. The molecule has 0 aliphatic heterocycles. The Labute approximate surface area is 99.7 Å². The molecule has 1 N–H and O–H groups in total. The van der Waals surface area contributed by atoms with Crippen LogP contribution in [0.1, 0.15) is 6.92 Å². The minimum absolute atomic E-state index is 0.933.